The van der Waals surface area contributed by atoms with Gasteiger partial charge in [0.15, 0.2) is 0 Å². The number of nitrogens with zero attached hydrogens (tertiary/aromatic N) is 2. The lowest BCUT2D eigenvalue weighted by Crippen LogP contribution is -2.35. The van der Waals surface area contributed by atoms with Gasteiger partial charge in [0.25, 0.3) is 5.91 Å². The van der Waals surface area contributed by atoms with Crippen LogP contribution in [0.4, 0.5) is 11.5 Å². The largest absolute Gasteiger partial charge is 0.397 e. The summed E-state index contributed by atoms with van der Waals surface area (Å²) in [7, 11) is 0. The van der Waals surface area contributed by atoms with Gasteiger partial charge in [-0.15, -0.1) is 0 Å². The van der Waals surface area contributed by atoms with E-state index >= 15 is 0 Å². The minimum atomic E-state index is -0.504. The van der Waals surface area contributed by atoms with E-state index in [2.05, 4.69) is 23.7 Å². The zero-order valence-corrected chi connectivity index (χ0v) is 10.9. The number of hydrogen-bond donors (Lipinski definition) is 2. The highest BCUT2D eigenvalue weighted by molar-refractivity contribution is 5.98. The number of carbonyl (C=O) groups excluding carboxylic acids is 1. The van der Waals surface area contributed by atoms with Crippen LogP contribution >= 0.6 is 0 Å². The van der Waals surface area contributed by atoms with Crippen LogP contribution < -0.4 is 16.4 Å². The van der Waals surface area contributed by atoms with Crippen molar-refractivity contribution in [3.63, 3.8) is 0 Å². The van der Waals surface area contributed by atoms with E-state index in [4.69, 9.17) is 11.5 Å². The van der Waals surface area contributed by atoms with E-state index in [0.29, 0.717) is 23.3 Å². The van der Waals surface area contributed by atoms with Crippen molar-refractivity contribution in [2.45, 2.75) is 45.2 Å². The first-order valence-corrected chi connectivity index (χ1v) is 6.38. The highest BCUT2D eigenvalue weighted by Gasteiger charge is 2.30. The van der Waals surface area contributed by atoms with Crippen molar-refractivity contribution in [1.29, 1.82) is 0 Å². The highest BCUT2D eigenvalue weighted by atomic mass is 16.1. The molecule has 1 aliphatic heterocycles. The van der Waals surface area contributed by atoms with Crippen molar-refractivity contribution in [1.82, 2.24) is 4.98 Å². The SMILES string of the molecule is CCC1CCC(C)N1c1cc(C(N)=O)c(N)cn1. The lowest BCUT2D eigenvalue weighted by atomic mass is 10.1. The predicted octanol–water partition coefficient (Wildman–Crippen LogP) is 1.53. The molecule has 5 nitrogen and oxygen atoms in total. The fourth-order valence-electron chi connectivity index (χ4n) is 2.69. The molecule has 0 bridgehead atoms. The summed E-state index contributed by atoms with van der Waals surface area (Å²) in [6, 6.07) is 2.63. The molecule has 1 saturated heterocycles. The second kappa shape index (κ2) is 4.84. The van der Waals surface area contributed by atoms with Gasteiger partial charge in [0.05, 0.1) is 17.4 Å². The molecule has 1 aromatic heterocycles. The number of nitrogen functional groups attached to an aromatic ring is 1. The molecule has 2 rings (SSSR count). The summed E-state index contributed by atoms with van der Waals surface area (Å²) in [5.74, 6) is 0.297. The Balaban J connectivity index is 2.38. The Hall–Kier alpha value is -1.78. The topological polar surface area (TPSA) is 85.2 Å². The minimum Gasteiger partial charge on any atom is -0.397 e. The van der Waals surface area contributed by atoms with Gasteiger partial charge in [-0.1, -0.05) is 6.92 Å². The molecule has 18 heavy (non-hydrogen) atoms. The molecule has 5 heteroatoms. The van der Waals surface area contributed by atoms with E-state index in [-0.39, 0.29) is 0 Å². The normalized spacial score (nSPS) is 23.3. The fraction of sp³-hybridized carbons (Fsp3) is 0.538. The van der Waals surface area contributed by atoms with Crippen LogP contribution in [0.3, 0.4) is 0 Å². The van der Waals surface area contributed by atoms with E-state index in [1.807, 2.05) is 0 Å². The maximum absolute atomic E-state index is 11.3. The van der Waals surface area contributed by atoms with Crippen LogP contribution in [-0.2, 0) is 0 Å². The van der Waals surface area contributed by atoms with Gasteiger partial charge < -0.3 is 16.4 Å². The molecular formula is C13H20N4O. The number of pyridine rings is 1. The van der Waals surface area contributed by atoms with Gasteiger partial charge in [0, 0.05) is 12.1 Å². The zero-order valence-electron chi connectivity index (χ0n) is 10.9. The van der Waals surface area contributed by atoms with Gasteiger partial charge in [0.2, 0.25) is 0 Å². The Bertz CT molecular complexity index is 460. The number of rotatable bonds is 3. The molecule has 0 saturated carbocycles. The quantitative estimate of drug-likeness (QED) is 0.849. The number of amides is 1. The molecule has 0 radical (unpaired) electrons. The van der Waals surface area contributed by atoms with Gasteiger partial charge >= 0.3 is 0 Å². The number of primary amides is 1. The molecule has 1 aromatic rings. The van der Waals surface area contributed by atoms with Crippen molar-refractivity contribution in [2.24, 2.45) is 5.73 Å². The van der Waals surface area contributed by atoms with E-state index in [9.17, 15) is 4.79 Å². The van der Waals surface area contributed by atoms with Crippen LogP contribution in [-0.4, -0.2) is 23.0 Å². The smallest absolute Gasteiger partial charge is 0.250 e. The van der Waals surface area contributed by atoms with E-state index in [1.165, 1.54) is 6.20 Å². The molecule has 1 aliphatic rings. The van der Waals surface area contributed by atoms with Gasteiger partial charge in [0.1, 0.15) is 5.82 Å². The summed E-state index contributed by atoms with van der Waals surface area (Å²) in [5, 5.41) is 0. The number of nitrogens with two attached hydrogens (primary N) is 2. The van der Waals surface area contributed by atoms with Crippen molar-refractivity contribution in [2.75, 3.05) is 10.6 Å². The first kappa shape index (κ1) is 12.7. The van der Waals surface area contributed by atoms with E-state index in [1.54, 1.807) is 6.07 Å². The zero-order chi connectivity index (χ0) is 13.3. The Morgan fingerprint density at radius 3 is 2.89 bits per heavy atom. The van der Waals surface area contributed by atoms with Crippen molar-refractivity contribution >= 4 is 17.4 Å². The Morgan fingerprint density at radius 2 is 2.28 bits per heavy atom. The second-order valence-electron chi connectivity index (χ2n) is 4.89. The third-order valence-corrected chi connectivity index (χ3v) is 3.71. The average molecular weight is 248 g/mol. The van der Waals surface area contributed by atoms with E-state index in [0.717, 1.165) is 25.1 Å². The lowest BCUT2D eigenvalue weighted by molar-refractivity contribution is 0.100. The molecule has 0 aromatic carbocycles. The maximum Gasteiger partial charge on any atom is 0.250 e. The standard InChI is InChI=1S/C13H20N4O/c1-3-9-5-4-8(2)17(9)12-6-10(13(15)18)11(14)7-16-12/h6-9H,3-5,14H2,1-2H3,(H2,15,18). The molecular weight excluding hydrogens is 228 g/mol. The van der Waals surface area contributed by atoms with Crippen LogP contribution in [0.15, 0.2) is 12.3 Å². The summed E-state index contributed by atoms with van der Waals surface area (Å²) in [4.78, 5) is 17.9. The Kier molecular flexibility index (Phi) is 3.41. The van der Waals surface area contributed by atoms with Crippen LogP contribution in [0.1, 0.15) is 43.5 Å². The third kappa shape index (κ3) is 2.12. The molecule has 0 aliphatic carbocycles. The van der Waals surface area contributed by atoms with Crippen LogP contribution in [0, 0.1) is 0 Å². The number of aromatic nitrogens is 1. The molecule has 2 heterocycles. The summed E-state index contributed by atoms with van der Waals surface area (Å²) in [5.41, 5.74) is 11.7. The fourth-order valence-corrected chi connectivity index (χ4v) is 2.69. The highest BCUT2D eigenvalue weighted by Crippen LogP contribution is 2.31. The number of hydrogen-bond acceptors (Lipinski definition) is 4. The molecule has 4 N–H and O–H groups in total. The maximum atomic E-state index is 11.3. The predicted molar refractivity (Wildman–Crippen MR) is 72.4 cm³/mol. The summed E-state index contributed by atoms with van der Waals surface area (Å²) >= 11 is 0. The number of anilines is 2. The summed E-state index contributed by atoms with van der Waals surface area (Å²) < 4.78 is 0. The average Bonchev–Trinajstić information content (AvgIpc) is 2.71. The van der Waals surface area contributed by atoms with Crippen molar-refractivity contribution in [3.05, 3.63) is 17.8 Å². The summed E-state index contributed by atoms with van der Waals surface area (Å²) in [6.07, 6.45) is 4.90. The first-order chi connectivity index (χ1) is 8.54. The van der Waals surface area contributed by atoms with Gasteiger partial charge in [-0.2, -0.15) is 0 Å². The Morgan fingerprint density at radius 1 is 1.56 bits per heavy atom. The second-order valence-corrected chi connectivity index (χ2v) is 4.89. The molecule has 0 spiro atoms. The molecule has 1 fully saturated rings. The minimum absolute atomic E-state index is 0.339. The van der Waals surface area contributed by atoms with Crippen molar-refractivity contribution in [3.8, 4) is 0 Å². The Labute approximate surface area is 107 Å². The molecule has 98 valence electrons. The van der Waals surface area contributed by atoms with E-state index < -0.39 is 5.91 Å². The molecule has 2 atom stereocenters. The molecule has 2 unspecified atom stereocenters. The van der Waals surface area contributed by atoms with Crippen LogP contribution in [0.25, 0.3) is 0 Å². The first-order valence-electron chi connectivity index (χ1n) is 6.38. The van der Waals surface area contributed by atoms with Crippen molar-refractivity contribution < 1.29 is 4.79 Å². The van der Waals surface area contributed by atoms with Crippen LogP contribution in [0.5, 0.6) is 0 Å². The third-order valence-electron chi connectivity index (χ3n) is 3.71. The van der Waals surface area contributed by atoms with Gasteiger partial charge in [-0.05, 0) is 32.3 Å². The number of carbonyl (C=O) groups is 1. The lowest BCUT2D eigenvalue weighted by Gasteiger charge is -2.29. The van der Waals surface area contributed by atoms with Gasteiger partial charge in [-0.3, -0.25) is 4.79 Å². The van der Waals surface area contributed by atoms with Gasteiger partial charge in [-0.25, -0.2) is 4.98 Å². The van der Waals surface area contributed by atoms with Crippen LogP contribution in [0.2, 0.25) is 0 Å². The summed E-state index contributed by atoms with van der Waals surface area (Å²) in [6.45, 7) is 4.35. The molecule has 1 amide bonds. The monoisotopic (exact) mass is 248 g/mol.